The summed E-state index contributed by atoms with van der Waals surface area (Å²) < 4.78 is 27.5. The molecular formula is C15H14Cl2N2O3S2. The van der Waals surface area contributed by atoms with Gasteiger partial charge in [0.1, 0.15) is 0 Å². The Kier molecular flexibility index (Phi) is 6.03. The highest BCUT2D eigenvalue weighted by atomic mass is 35.5. The Morgan fingerprint density at radius 1 is 1.12 bits per heavy atom. The smallest absolute Gasteiger partial charge is 0.262 e. The largest absolute Gasteiger partial charge is 0.325 e. The fourth-order valence-corrected chi connectivity index (χ4v) is 3.96. The first kappa shape index (κ1) is 18.9. The first-order chi connectivity index (χ1) is 11.2. The second-order valence-electron chi connectivity index (χ2n) is 4.75. The molecule has 0 radical (unpaired) electrons. The van der Waals surface area contributed by atoms with Crippen LogP contribution in [0.1, 0.15) is 6.92 Å². The Labute approximate surface area is 154 Å². The molecule has 0 unspecified atom stereocenters. The number of hydrogen-bond acceptors (Lipinski definition) is 4. The van der Waals surface area contributed by atoms with Gasteiger partial charge in [-0.1, -0.05) is 29.3 Å². The quantitative estimate of drug-likeness (QED) is 0.720. The molecule has 0 heterocycles. The standard InChI is InChI=1S/C15H14Cl2N2O3S2/c1-9(20)18-13-8-10(6-7-14(13)23-2)24(21,22)19-12-5-3-4-11(16)15(12)17/h3-8,19H,1-2H3,(H,18,20). The minimum absolute atomic E-state index is 0.0000853. The molecule has 24 heavy (non-hydrogen) atoms. The van der Waals surface area contributed by atoms with Crippen LogP contribution in [0.2, 0.25) is 10.0 Å². The summed E-state index contributed by atoms with van der Waals surface area (Å²) in [4.78, 5) is 12.1. The van der Waals surface area contributed by atoms with E-state index in [9.17, 15) is 13.2 Å². The topological polar surface area (TPSA) is 75.3 Å². The normalized spacial score (nSPS) is 11.2. The highest BCUT2D eigenvalue weighted by molar-refractivity contribution is 7.98. The molecule has 0 atom stereocenters. The van der Waals surface area contributed by atoms with Gasteiger partial charge in [0.05, 0.1) is 26.3 Å². The first-order valence-electron chi connectivity index (χ1n) is 6.67. The number of halogens is 2. The maximum Gasteiger partial charge on any atom is 0.262 e. The average molecular weight is 405 g/mol. The van der Waals surface area contributed by atoms with Crippen LogP contribution in [0.25, 0.3) is 0 Å². The second kappa shape index (κ2) is 7.65. The van der Waals surface area contributed by atoms with Crippen molar-refractivity contribution in [3.8, 4) is 0 Å². The summed E-state index contributed by atoms with van der Waals surface area (Å²) in [5, 5.41) is 2.98. The lowest BCUT2D eigenvalue weighted by atomic mass is 10.3. The van der Waals surface area contributed by atoms with Gasteiger partial charge in [-0.15, -0.1) is 11.8 Å². The number of nitrogens with one attached hydrogen (secondary N) is 2. The van der Waals surface area contributed by atoms with Gasteiger partial charge in [-0.3, -0.25) is 9.52 Å². The zero-order chi connectivity index (χ0) is 17.9. The summed E-state index contributed by atoms with van der Waals surface area (Å²) in [6.07, 6.45) is 1.83. The summed E-state index contributed by atoms with van der Waals surface area (Å²) in [7, 11) is -3.89. The lowest BCUT2D eigenvalue weighted by Crippen LogP contribution is -2.14. The third-order valence-corrected chi connectivity index (χ3v) is 5.97. The second-order valence-corrected chi connectivity index (χ2v) is 8.07. The van der Waals surface area contributed by atoms with Crippen molar-refractivity contribution in [1.29, 1.82) is 0 Å². The van der Waals surface area contributed by atoms with E-state index in [4.69, 9.17) is 23.2 Å². The highest BCUT2D eigenvalue weighted by Crippen LogP contribution is 2.33. The Balaban J connectivity index is 2.42. The van der Waals surface area contributed by atoms with Gasteiger partial charge in [-0.2, -0.15) is 0 Å². The average Bonchev–Trinajstić information content (AvgIpc) is 2.51. The zero-order valence-electron chi connectivity index (χ0n) is 12.8. The van der Waals surface area contributed by atoms with Crippen molar-refractivity contribution in [2.24, 2.45) is 0 Å². The summed E-state index contributed by atoms with van der Waals surface area (Å²) in [5.41, 5.74) is 0.606. The fraction of sp³-hybridized carbons (Fsp3) is 0.133. The van der Waals surface area contributed by atoms with E-state index in [-0.39, 0.29) is 26.5 Å². The summed E-state index contributed by atoms with van der Waals surface area (Å²) in [6.45, 7) is 1.36. The van der Waals surface area contributed by atoms with E-state index in [1.54, 1.807) is 18.2 Å². The molecule has 0 bridgehead atoms. The molecule has 0 saturated carbocycles. The van der Waals surface area contributed by atoms with Gasteiger partial charge in [0, 0.05) is 11.8 Å². The molecule has 0 saturated heterocycles. The number of amides is 1. The number of benzene rings is 2. The molecule has 9 heteroatoms. The van der Waals surface area contributed by atoms with Crippen LogP contribution in [0, 0.1) is 0 Å². The van der Waals surface area contributed by atoms with E-state index in [1.165, 1.54) is 36.9 Å². The number of sulfonamides is 1. The molecular weight excluding hydrogens is 391 g/mol. The number of carbonyl (C=O) groups is 1. The minimum atomic E-state index is -3.89. The van der Waals surface area contributed by atoms with Crippen LogP contribution in [0.15, 0.2) is 46.2 Å². The molecule has 2 aromatic carbocycles. The maximum atomic E-state index is 12.6. The van der Waals surface area contributed by atoms with E-state index < -0.39 is 10.0 Å². The van der Waals surface area contributed by atoms with Gasteiger partial charge in [-0.05, 0) is 36.6 Å². The molecule has 0 aliphatic heterocycles. The van der Waals surface area contributed by atoms with Crippen molar-refractivity contribution < 1.29 is 13.2 Å². The van der Waals surface area contributed by atoms with Crippen LogP contribution in [-0.2, 0) is 14.8 Å². The maximum absolute atomic E-state index is 12.6. The summed E-state index contributed by atoms with van der Waals surface area (Å²) in [5.74, 6) is -0.286. The van der Waals surface area contributed by atoms with Crippen LogP contribution >= 0.6 is 35.0 Å². The van der Waals surface area contributed by atoms with E-state index in [1.807, 2.05) is 6.26 Å². The van der Waals surface area contributed by atoms with E-state index in [0.717, 1.165) is 4.90 Å². The number of hydrogen-bond donors (Lipinski definition) is 2. The molecule has 0 aliphatic carbocycles. The molecule has 2 N–H and O–H groups in total. The van der Waals surface area contributed by atoms with E-state index in [0.29, 0.717) is 5.69 Å². The third-order valence-electron chi connectivity index (χ3n) is 2.99. The fourth-order valence-electron chi connectivity index (χ4n) is 1.93. The van der Waals surface area contributed by atoms with Crippen LogP contribution in [0.4, 0.5) is 11.4 Å². The van der Waals surface area contributed by atoms with E-state index in [2.05, 4.69) is 10.0 Å². The predicted octanol–water partition coefficient (Wildman–Crippen LogP) is 4.47. The van der Waals surface area contributed by atoms with Crippen molar-refractivity contribution in [3.63, 3.8) is 0 Å². The van der Waals surface area contributed by atoms with Crippen molar-refractivity contribution in [2.75, 3.05) is 16.3 Å². The van der Waals surface area contributed by atoms with Gasteiger partial charge < -0.3 is 5.32 Å². The van der Waals surface area contributed by atoms with Crippen LogP contribution in [0.5, 0.6) is 0 Å². The van der Waals surface area contributed by atoms with Gasteiger partial charge >= 0.3 is 0 Å². The van der Waals surface area contributed by atoms with Crippen molar-refractivity contribution >= 4 is 62.3 Å². The molecule has 0 spiro atoms. The number of thioether (sulfide) groups is 1. The lowest BCUT2D eigenvalue weighted by Gasteiger charge is -2.13. The van der Waals surface area contributed by atoms with E-state index >= 15 is 0 Å². The summed E-state index contributed by atoms with van der Waals surface area (Å²) in [6, 6.07) is 9.14. The highest BCUT2D eigenvalue weighted by Gasteiger charge is 2.18. The lowest BCUT2D eigenvalue weighted by molar-refractivity contribution is -0.114. The zero-order valence-corrected chi connectivity index (χ0v) is 15.9. The molecule has 2 aromatic rings. The Bertz CT molecular complexity index is 886. The molecule has 1 amide bonds. The number of rotatable bonds is 5. The first-order valence-corrected chi connectivity index (χ1v) is 10.1. The monoisotopic (exact) mass is 404 g/mol. The van der Waals surface area contributed by atoms with Crippen LogP contribution in [-0.4, -0.2) is 20.6 Å². The Morgan fingerprint density at radius 3 is 2.46 bits per heavy atom. The van der Waals surface area contributed by atoms with Crippen LogP contribution in [0.3, 0.4) is 0 Å². The molecule has 0 aliphatic rings. The SMILES string of the molecule is CSc1ccc(S(=O)(=O)Nc2cccc(Cl)c2Cl)cc1NC(C)=O. The van der Waals surface area contributed by atoms with Crippen molar-refractivity contribution in [2.45, 2.75) is 16.7 Å². The Morgan fingerprint density at radius 2 is 1.83 bits per heavy atom. The number of carbonyl (C=O) groups excluding carboxylic acids is 1. The molecule has 0 fully saturated rings. The molecule has 128 valence electrons. The van der Waals surface area contributed by atoms with Crippen molar-refractivity contribution in [1.82, 2.24) is 0 Å². The summed E-state index contributed by atoms with van der Waals surface area (Å²) >= 11 is 13.3. The van der Waals surface area contributed by atoms with Gasteiger partial charge in [0.15, 0.2) is 0 Å². The van der Waals surface area contributed by atoms with Crippen molar-refractivity contribution in [3.05, 3.63) is 46.4 Å². The van der Waals surface area contributed by atoms with Gasteiger partial charge in [-0.25, -0.2) is 8.42 Å². The minimum Gasteiger partial charge on any atom is -0.325 e. The van der Waals surface area contributed by atoms with Gasteiger partial charge in [0.25, 0.3) is 10.0 Å². The van der Waals surface area contributed by atoms with Gasteiger partial charge in [0.2, 0.25) is 5.91 Å². The number of anilines is 2. The third kappa shape index (κ3) is 4.36. The predicted molar refractivity (Wildman–Crippen MR) is 99.8 cm³/mol. The van der Waals surface area contributed by atoms with Crippen LogP contribution < -0.4 is 10.0 Å². The Hall–Kier alpha value is -1.41. The molecule has 5 nitrogen and oxygen atoms in total. The molecule has 0 aromatic heterocycles. The molecule has 2 rings (SSSR count).